The molecule has 4 rings (SSSR count). The minimum absolute atomic E-state index is 0.0562. The van der Waals surface area contributed by atoms with Crippen molar-refractivity contribution >= 4 is 29.3 Å². The Bertz CT molecular complexity index is 939. The van der Waals surface area contributed by atoms with Gasteiger partial charge in [-0.15, -0.1) is 0 Å². The van der Waals surface area contributed by atoms with Crippen LogP contribution in [0.15, 0.2) is 65.7 Å². The molecule has 6 heteroatoms. The number of rotatable bonds is 4. The topological polar surface area (TPSA) is 76.0 Å². The Morgan fingerprint density at radius 2 is 1.67 bits per heavy atom. The lowest BCUT2D eigenvalue weighted by molar-refractivity contribution is -0.132. The van der Waals surface area contributed by atoms with Gasteiger partial charge in [0.25, 0.3) is 5.91 Å². The summed E-state index contributed by atoms with van der Waals surface area (Å²) in [7, 11) is 0. The Morgan fingerprint density at radius 3 is 2.33 bits per heavy atom. The van der Waals surface area contributed by atoms with Gasteiger partial charge in [-0.05, 0) is 31.2 Å². The van der Waals surface area contributed by atoms with Crippen molar-refractivity contribution in [2.24, 2.45) is 10.9 Å². The summed E-state index contributed by atoms with van der Waals surface area (Å²) in [5.74, 6) is -1.37. The van der Waals surface area contributed by atoms with Crippen molar-refractivity contribution in [1.29, 1.82) is 0 Å². The summed E-state index contributed by atoms with van der Waals surface area (Å²) in [6.07, 6.45) is 0.167. The van der Waals surface area contributed by atoms with Crippen LogP contribution >= 0.6 is 0 Å². The van der Waals surface area contributed by atoms with Crippen LogP contribution in [0.1, 0.15) is 25.3 Å². The minimum Gasteiger partial charge on any atom is -0.461 e. The molecule has 0 radical (unpaired) electrons. The van der Waals surface area contributed by atoms with Crippen molar-refractivity contribution in [3.8, 4) is 0 Å². The third kappa shape index (κ3) is 3.03. The van der Waals surface area contributed by atoms with Crippen LogP contribution in [0.4, 0.5) is 5.69 Å². The van der Waals surface area contributed by atoms with E-state index in [0.29, 0.717) is 11.3 Å². The molecule has 2 aromatic rings. The summed E-state index contributed by atoms with van der Waals surface area (Å²) in [5.41, 5.74) is -0.00673. The van der Waals surface area contributed by atoms with Gasteiger partial charge in [0.1, 0.15) is 0 Å². The number of imide groups is 1. The standard InChI is InChI=1S/C21H18N2O4/c1-21(20(26)22-18(27-21)14-8-4-2-5-9-14)13-15-12-17(24)23(19(15)25)16-10-6-3-7-11-16/h2-11,15H,12-13H2,1H3/t15?,21-/m0/s1. The normalized spacial score (nSPS) is 24.9. The average molecular weight is 362 g/mol. The third-order valence-corrected chi connectivity index (χ3v) is 4.89. The second-order valence-electron chi connectivity index (χ2n) is 6.93. The molecule has 1 fully saturated rings. The van der Waals surface area contributed by atoms with Gasteiger partial charge in [-0.2, -0.15) is 4.99 Å². The van der Waals surface area contributed by atoms with Gasteiger partial charge in [-0.3, -0.25) is 19.3 Å². The highest BCUT2D eigenvalue weighted by Crippen LogP contribution is 2.36. The van der Waals surface area contributed by atoms with Crippen molar-refractivity contribution in [3.05, 3.63) is 66.2 Å². The first-order valence-electron chi connectivity index (χ1n) is 8.77. The zero-order valence-corrected chi connectivity index (χ0v) is 14.8. The van der Waals surface area contributed by atoms with Crippen molar-refractivity contribution in [2.45, 2.75) is 25.4 Å². The largest absolute Gasteiger partial charge is 0.461 e. The molecule has 0 N–H and O–H groups in total. The lowest BCUT2D eigenvalue weighted by atomic mass is 9.90. The highest BCUT2D eigenvalue weighted by molar-refractivity contribution is 6.21. The van der Waals surface area contributed by atoms with E-state index in [1.165, 1.54) is 4.90 Å². The first-order chi connectivity index (χ1) is 13.0. The number of anilines is 1. The quantitative estimate of drug-likeness (QED) is 0.784. The molecule has 0 bridgehead atoms. The van der Waals surface area contributed by atoms with Gasteiger partial charge in [0.15, 0.2) is 5.60 Å². The minimum atomic E-state index is -1.25. The predicted molar refractivity (Wildman–Crippen MR) is 99.1 cm³/mol. The summed E-state index contributed by atoms with van der Waals surface area (Å²) < 4.78 is 5.85. The number of carbonyl (C=O) groups excluding carboxylic acids is 3. The highest BCUT2D eigenvalue weighted by Gasteiger charge is 2.49. The number of para-hydroxylation sites is 1. The van der Waals surface area contributed by atoms with E-state index >= 15 is 0 Å². The van der Waals surface area contributed by atoms with Gasteiger partial charge in [0, 0.05) is 18.4 Å². The predicted octanol–water partition coefficient (Wildman–Crippen LogP) is 2.72. The van der Waals surface area contributed by atoms with Gasteiger partial charge in [-0.1, -0.05) is 36.4 Å². The molecule has 0 aliphatic carbocycles. The smallest absolute Gasteiger partial charge is 0.292 e. The maximum absolute atomic E-state index is 12.8. The van der Waals surface area contributed by atoms with Crippen LogP contribution < -0.4 is 4.90 Å². The molecule has 2 aromatic carbocycles. The van der Waals surface area contributed by atoms with E-state index in [1.807, 2.05) is 24.3 Å². The zero-order valence-electron chi connectivity index (χ0n) is 14.8. The molecule has 136 valence electrons. The van der Waals surface area contributed by atoms with E-state index in [-0.39, 0.29) is 30.6 Å². The third-order valence-electron chi connectivity index (χ3n) is 4.89. The maximum atomic E-state index is 12.8. The van der Waals surface area contributed by atoms with Crippen molar-refractivity contribution in [1.82, 2.24) is 0 Å². The molecule has 1 unspecified atom stereocenters. The lowest BCUT2D eigenvalue weighted by Gasteiger charge is -2.24. The van der Waals surface area contributed by atoms with Crippen LogP contribution in [0, 0.1) is 5.92 Å². The molecular weight excluding hydrogens is 344 g/mol. The van der Waals surface area contributed by atoms with E-state index in [0.717, 1.165) is 0 Å². The van der Waals surface area contributed by atoms with Crippen LogP contribution in [0.5, 0.6) is 0 Å². The van der Waals surface area contributed by atoms with Crippen molar-refractivity contribution < 1.29 is 19.1 Å². The van der Waals surface area contributed by atoms with Crippen LogP contribution in [-0.2, 0) is 19.1 Å². The summed E-state index contributed by atoms with van der Waals surface area (Å²) >= 11 is 0. The van der Waals surface area contributed by atoms with E-state index in [1.54, 1.807) is 43.3 Å². The lowest BCUT2D eigenvalue weighted by Crippen LogP contribution is -2.38. The fraction of sp³-hybridized carbons (Fsp3) is 0.238. The van der Waals surface area contributed by atoms with Crippen LogP contribution in [0.3, 0.4) is 0 Å². The number of aliphatic imine (C=N–C) groups is 1. The molecule has 0 saturated carbocycles. The summed E-state index contributed by atoms with van der Waals surface area (Å²) in [4.78, 5) is 42.9. The molecule has 1 saturated heterocycles. The SMILES string of the molecule is C[C@@]1(CC2CC(=O)N(c3ccccc3)C2=O)OC(c2ccccc2)=NC1=O. The van der Waals surface area contributed by atoms with Crippen LogP contribution in [0.25, 0.3) is 0 Å². The summed E-state index contributed by atoms with van der Waals surface area (Å²) in [6, 6.07) is 17.9. The molecule has 0 spiro atoms. The molecule has 2 heterocycles. The number of carbonyl (C=O) groups is 3. The summed E-state index contributed by atoms with van der Waals surface area (Å²) in [5, 5.41) is 0. The van der Waals surface area contributed by atoms with Gasteiger partial charge >= 0.3 is 0 Å². The Balaban J connectivity index is 1.52. The number of benzene rings is 2. The molecule has 2 aliphatic heterocycles. The highest BCUT2D eigenvalue weighted by atomic mass is 16.5. The second-order valence-corrected chi connectivity index (χ2v) is 6.93. The van der Waals surface area contributed by atoms with E-state index in [9.17, 15) is 14.4 Å². The Kier molecular flexibility index (Phi) is 4.11. The number of hydrogen-bond donors (Lipinski definition) is 0. The molecule has 27 heavy (non-hydrogen) atoms. The Morgan fingerprint density at radius 1 is 1.04 bits per heavy atom. The van der Waals surface area contributed by atoms with Gasteiger partial charge in [0.2, 0.25) is 17.7 Å². The average Bonchev–Trinajstić information content (AvgIpc) is 3.12. The number of ether oxygens (including phenoxy) is 1. The maximum Gasteiger partial charge on any atom is 0.292 e. The van der Waals surface area contributed by atoms with Gasteiger partial charge in [0.05, 0.1) is 11.6 Å². The zero-order chi connectivity index (χ0) is 19.0. The first-order valence-corrected chi connectivity index (χ1v) is 8.77. The van der Waals surface area contributed by atoms with Crippen LogP contribution in [0.2, 0.25) is 0 Å². The molecule has 3 amide bonds. The Labute approximate surface area is 156 Å². The van der Waals surface area contributed by atoms with Crippen LogP contribution in [-0.4, -0.2) is 29.2 Å². The van der Waals surface area contributed by atoms with Crippen molar-refractivity contribution in [2.75, 3.05) is 4.90 Å². The van der Waals surface area contributed by atoms with Crippen molar-refractivity contribution in [3.63, 3.8) is 0 Å². The Hall–Kier alpha value is -3.28. The number of hydrogen-bond acceptors (Lipinski definition) is 4. The number of amides is 3. The number of nitrogens with zero attached hydrogens (tertiary/aromatic N) is 2. The second kappa shape index (κ2) is 6.46. The van der Waals surface area contributed by atoms with Gasteiger partial charge < -0.3 is 4.74 Å². The molecule has 2 atom stereocenters. The van der Waals surface area contributed by atoms with E-state index < -0.39 is 17.4 Å². The fourth-order valence-corrected chi connectivity index (χ4v) is 3.50. The van der Waals surface area contributed by atoms with E-state index in [2.05, 4.69) is 4.99 Å². The summed E-state index contributed by atoms with van der Waals surface area (Å²) in [6.45, 7) is 1.62. The fourth-order valence-electron chi connectivity index (χ4n) is 3.50. The van der Waals surface area contributed by atoms with Gasteiger partial charge in [-0.25, -0.2) is 0 Å². The molecular formula is C21H18N2O4. The molecule has 6 nitrogen and oxygen atoms in total. The monoisotopic (exact) mass is 362 g/mol. The first kappa shape index (κ1) is 17.1. The van der Waals surface area contributed by atoms with E-state index in [4.69, 9.17) is 4.74 Å². The molecule has 0 aromatic heterocycles. The molecule has 2 aliphatic rings.